The molecule has 0 aliphatic heterocycles. The molecule has 16 heavy (non-hydrogen) atoms. The average molecular weight is 291 g/mol. The maximum absolute atomic E-state index is 12.9. The predicted molar refractivity (Wildman–Crippen MR) is 61.0 cm³/mol. The van der Waals surface area contributed by atoms with Crippen molar-refractivity contribution >= 4 is 21.9 Å². The molecule has 0 bridgehead atoms. The van der Waals surface area contributed by atoms with Crippen LogP contribution >= 0.6 is 15.9 Å². The van der Waals surface area contributed by atoms with Gasteiger partial charge in [-0.2, -0.15) is 0 Å². The van der Waals surface area contributed by atoms with Crippen molar-refractivity contribution in [1.29, 1.82) is 0 Å². The van der Waals surface area contributed by atoms with E-state index >= 15 is 0 Å². The maximum Gasteiger partial charge on any atom is 0.312 e. The lowest BCUT2D eigenvalue weighted by molar-refractivity contribution is -0.148. The Kier molecular flexibility index (Phi) is 3.91. The third-order valence-corrected chi connectivity index (χ3v) is 2.72. The van der Waals surface area contributed by atoms with Crippen LogP contribution in [0.25, 0.3) is 0 Å². The lowest BCUT2D eigenvalue weighted by atomic mass is 9.95. The largest absolute Gasteiger partial charge is 0.491 e. The highest BCUT2D eigenvalue weighted by atomic mass is 79.9. The van der Waals surface area contributed by atoms with Crippen LogP contribution in [0.5, 0.6) is 5.75 Å². The molecule has 0 atom stereocenters. The molecule has 1 rings (SSSR count). The van der Waals surface area contributed by atoms with Crippen LogP contribution in [0.4, 0.5) is 4.39 Å². The van der Waals surface area contributed by atoms with E-state index in [-0.39, 0.29) is 6.61 Å². The number of hydrogen-bond acceptors (Lipinski definition) is 2. The topological polar surface area (TPSA) is 46.5 Å². The van der Waals surface area contributed by atoms with E-state index in [0.717, 1.165) is 0 Å². The van der Waals surface area contributed by atoms with Crippen LogP contribution in [0, 0.1) is 11.2 Å². The van der Waals surface area contributed by atoms with E-state index in [0.29, 0.717) is 10.2 Å². The van der Waals surface area contributed by atoms with E-state index in [4.69, 9.17) is 9.84 Å². The number of aliphatic carboxylic acids is 1. The summed E-state index contributed by atoms with van der Waals surface area (Å²) >= 11 is 3.20. The summed E-state index contributed by atoms with van der Waals surface area (Å²) in [6, 6.07) is 4.01. The van der Waals surface area contributed by atoms with Crippen molar-refractivity contribution in [3.05, 3.63) is 28.5 Å². The van der Waals surface area contributed by atoms with Crippen LogP contribution in [0.15, 0.2) is 22.7 Å². The van der Waals surface area contributed by atoms with Crippen LogP contribution in [0.3, 0.4) is 0 Å². The third kappa shape index (κ3) is 3.20. The Bertz CT molecular complexity index is 404. The van der Waals surface area contributed by atoms with Crippen LogP contribution < -0.4 is 4.74 Å². The van der Waals surface area contributed by atoms with E-state index in [1.807, 2.05) is 0 Å². The summed E-state index contributed by atoms with van der Waals surface area (Å²) in [6.07, 6.45) is 0. The van der Waals surface area contributed by atoms with Gasteiger partial charge in [0.2, 0.25) is 0 Å². The highest BCUT2D eigenvalue weighted by molar-refractivity contribution is 9.10. The zero-order valence-electron chi connectivity index (χ0n) is 8.96. The van der Waals surface area contributed by atoms with Crippen molar-refractivity contribution in [3.8, 4) is 5.75 Å². The van der Waals surface area contributed by atoms with Gasteiger partial charge in [-0.1, -0.05) is 0 Å². The highest BCUT2D eigenvalue weighted by Gasteiger charge is 2.28. The molecule has 0 aliphatic carbocycles. The van der Waals surface area contributed by atoms with Crippen molar-refractivity contribution in [1.82, 2.24) is 0 Å². The smallest absolute Gasteiger partial charge is 0.312 e. The Morgan fingerprint density at radius 3 is 2.75 bits per heavy atom. The minimum absolute atomic E-state index is 0.0234. The molecule has 1 N–H and O–H groups in total. The molecule has 0 radical (unpaired) electrons. The number of carbonyl (C=O) groups is 1. The van der Waals surface area contributed by atoms with Gasteiger partial charge < -0.3 is 9.84 Å². The summed E-state index contributed by atoms with van der Waals surface area (Å²) in [5, 5.41) is 8.88. The molecule has 1 aromatic carbocycles. The molecule has 5 heteroatoms. The summed E-state index contributed by atoms with van der Waals surface area (Å²) in [5.41, 5.74) is -1.01. The molecule has 0 amide bonds. The molecule has 0 fully saturated rings. The second-order valence-corrected chi connectivity index (χ2v) is 4.91. The van der Waals surface area contributed by atoms with Crippen LogP contribution in [0.2, 0.25) is 0 Å². The molecule has 0 saturated carbocycles. The first-order chi connectivity index (χ1) is 7.33. The number of benzene rings is 1. The number of ether oxygens (including phenoxy) is 1. The fraction of sp³-hybridized carbons (Fsp3) is 0.364. The molecule has 0 heterocycles. The monoisotopic (exact) mass is 290 g/mol. The second-order valence-electron chi connectivity index (χ2n) is 4.05. The first-order valence-electron chi connectivity index (χ1n) is 4.64. The van der Waals surface area contributed by atoms with E-state index in [2.05, 4.69) is 15.9 Å². The van der Waals surface area contributed by atoms with E-state index < -0.39 is 17.2 Å². The summed E-state index contributed by atoms with van der Waals surface area (Å²) < 4.78 is 18.8. The van der Waals surface area contributed by atoms with Crippen molar-refractivity contribution < 1.29 is 19.0 Å². The lowest BCUT2D eigenvalue weighted by Crippen LogP contribution is -2.30. The number of carboxylic acid groups (broad SMARTS) is 1. The van der Waals surface area contributed by atoms with Gasteiger partial charge in [0.1, 0.15) is 18.2 Å². The van der Waals surface area contributed by atoms with Gasteiger partial charge in [-0.15, -0.1) is 0 Å². The minimum Gasteiger partial charge on any atom is -0.491 e. The second kappa shape index (κ2) is 4.82. The Labute approximate surface area is 101 Å². The Morgan fingerprint density at radius 1 is 1.56 bits per heavy atom. The van der Waals surface area contributed by atoms with Gasteiger partial charge in [0.15, 0.2) is 0 Å². The molecule has 1 aromatic rings. The van der Waals surface area contributed by atoms with Crippen molar-refractivity contribution in [3.63, 3.8) is 0 Å². The number of halogens is 2. The number of hydrogen-bond donors (Lipinski definition) is 1. The van der Waals surface area contributed by atoms with Crippen molar-refractivity contribution in [2.75, 3.05) is 6.61 Å². The van der Waals surface area contributed by atoms with E-state index in [1.165, 1.54) is 18.2 Å². The fourth-order valence-electron chi connectivity index (χ4n) is 0.908. The fourth-order valence-corrected chi connectivity index (χ4v) is 1.27. The standard InChI is InChI=1S/C11H12BrFO3/c1-11(2,10(14)15)6-16-9-5-7(13)3-4-8(9)12/h3-5H,6H2,1-2H3,(H,14,15). The molecule has 0 aliphatic rings. The molecular weight excluding hydrogens is 279 g/mol. The Balaban J connectivity index is 2.75. The maximum atomic E-state index is 12.9. The van der Waals surface area contributed by atoms with Gasteiger partial charge in [-0.05, 0) is 41.9 Å². The molecule has 88 valence electrons. The minimum atomic E-state index is -1.01. The van der Waals surface area contributed by atoms with Gasteiger partial charge >= 0.3 is 5.97 Å². The highest BCUT2D eigenvalue weighted by Crippen LogP contribution is 2.27. The Hall–Kier alpha value is -1.10. The van der Waals surface area contributed by atoms with Gasteiger partial charge in [0.05, 0.1) is 9.89 Å². The van der Waals surface area contributed by atoms with Gasteiger partial charge in [0.25, 0.3) is 0 Å². The number of carboxylic acids is 1. The molecule has 0 unspecified atom stereocenters. The molecule has 0 aromatic heterocycles. The summed E-state index contributed by atoms with van der Waals surface area (Å²) in [4.78, 5) is 10.8. The molecular formula is C11H12BrFO3. The first kappa shape index (κ1) is 13.0. The summed E-state index contributed by atoms with van der Waals surface area (Å²) in [7, 11) is 0. The van der Waals surface area contributed by atoms with E-state index in [9.17, 15) is 9.18 Å². The van der Waals surface area contributed by atoms with Crippen LogP contribution in [-0.4, -0.2) is 17.7 Å². The first-order valence-corrected chi connectivity index (χ1v) is 5.43. The van der Waals surface area contributed by atoms with E-state index in [1.54, 1.807) is 13.8 Å². The molecule has 0 spiro atoms. The van der Waals surface area contributed by atoms with Crippen molar-refractivity contribution in [2.45, 2.75) is 13.8 Å². The number of rotatable bonds is 4. The van der Waals surface area contributed by atoms with Gasteiger partial charge in [-0.3, -0.25) is 4.79 Å². The van der Waals surface area contributed by atoms with Crippen molar-refractivity contribution in [2.24, 2.45) is 5.41 Å². The third-order valence-electron chi connectivity index (χ3n) is 2.06. The van der Waals surface area contributed by atoms with Crippen LogP contribution in [0.1, 0.15) is 13.8 Å². The van der Waals surface area contributed by atoms with Crippen LogP contribution in [-0.2, 0) is 4.79 Å². The van der Waals surface area contributed by atoms with Gasteiger partial charge in [0, 0.05) is 6.07 Å². The Morgan fingerprint density at radius 2 is 2.19 bits per heavy atom. The zero-order valence-corrected chi connectivity index (χ0v) is 10.5. The normalized spacial score (nSPS) is 11.2. The average Bonchev–Trinajstić information content (AvgIpc) is 2.19. The summed E-state index contributed by atoms with van der Waals surface area (Å²) in [5.74, 6) is -1.08. The lowest BCUT2D eigenvalue weighted by Gasteiger charge is -2.20. The molecule has 0 saturated heterocycles. The quantitative estimate of drug-likeness (QED) is 0.927. The SMILES string of the molecule is CC(C)(COc1cc(F)ccc1Br)C(=O)O. The predicted octanol–water partition coefficient (Wildman–Crippen LogP) is 3.08. The van der Waals surface area contributed by atoms with Gasteiger partial charge in [-0.25, -0.2) is 4.39 Å². The molecule has 3 nitrogen and oxygen atoms in total. The zero-order chi connectivity index (χ0) is 12.3. The summed E-state index contributed by atoms with van der Waals surface area (Å²) in [6.45, 7) is 3.06.